The molecule has 1 atom stereocenters. The van der Waals surface area contributed by atoms with Crippen LogP contribution in [0.4, 0.5) is 4.39 Å². The molecule has 1 aromatic carbocycles. The lowest BCUT2D eigenvalue weighted by molar-refractivity contribution is -0.135. The number of halogens is 1. The first-order chi connectivity index (χ1) is 11.4. The molecule has 0 unspecified atom stereocenters. The summed E-state index contributed by atoms with van der Waals surface area (Å²) in [6.07, 6.45) is 5.28. The van der Waals surface area contributed by atoms with Crippen molar-refractivity contribution in [2.45, 2.75) is 18.9 Å². The Morgan fingerprint density at radius 2 is 2.00 bits per heavy atom. The first kappa shape index (κ1) is 18.1. The summed E-state index contributed by atoms with van der Waals surface area (Å²) in [5.74, 6) is 0.532. The van der Waals surface area contributed by atoms with Gasteiger partial charge in [-0.15, -0.1) is 0 Å². The molecule has 6 heteroatoms. The van der Waals surface area contributed by atoms with Crippen molar-refractivity contribution in [1.29, 1.82) is 0 Å². The van der Waals surface area contributed by atoms with Crippen molar-refractivity contribution >= 4 is 5.91 Å². The second kappa shape index (κ2) is 8.06. The van der Waals surface area contributed by atoms with E-state index >= 15 is 0 Å². The zero-order valence-corrected chi connectivity index (χ0v) is 14.7. The van der Waals surface area contributed by atoms with Crippen LogP contribution < -0.4 is 0 Å². The topological polar surface area (TPSA) is 41.4 Å². The highest BCUT2D eigenvalue weighted by molar-refractivity contribution is 5.83. The summed E-state index contributed by atoms with van der Waals surface area (Å²) in [6, 6.07) is 5.82. The summed E-state index contributed by atoms with van der Waals surface area (Å²) in [7, 11) is 7.29. The van der Waals surface area contributed by atoms with Gasteiger partial charge in [0.1, 0.15) is 17.7 Å². The van der Waals surface area contributed by atoms with Gasteiger partial charge in [-0.05, 0) is 26.6 Å². The molecule has 1 aromatic heterocycles. The second-order valence-corrected chi connectivity index (χ2v) is 6.21. The van der Waals surface area contributed by atoms with Crippen LogP contribution >= 0.6 is 0 Å². The van der Waals surface area contributed by atoms with Crippen LogP contribution in [0.5, 0.6) is 0 Å². The normalized spacial score (nSPS) is 12.4. The average Bonchev–Trinajstić information content (AvgIpc) is 2.94. The maximum Gasteiger partial charge on any atom is 0.244 e. The van der Waals surface area contributed by atoms with Crippen LogP contribution in [0, 0.1) is 5.82 Å². The van der Waals surface area contributed by atoms with E-state index in [0.717, 1.165) is 18.7 Å². The molecule has 1 amide bonds. The molecule has 0 N–H and O–H groups in total. The Kier molecular flexibility index (Phi) is 6.09. The van der Waals surface area contributed by atoms with E-state index in [9.17, 15) is 9.18 Å². The van der Waals surface area contributed by atoms with Crippen LogP contribution in [0.3, 0.4) is 0 Å². The van der Waals surface area contributed by atoms with Gasteiger partial charge in [0.2, 0.25) is 5.91 Å². The highest BCUT2D eigenvalue weighted by Crippen LogP contribution is 2.23. The van der Waals surface area contributed by atoms with Gasteiger partial charge in [0, 0.05) is 45.0 Å². The van der Waals surface area contributed by atoms with Crippen LogP contribution in [0.15, 0.2) is 36.7 Å². The van der Waals surface area contributed by atoms with E-state index in [1.165, 1.54) is 6.07 Å². The highest BCUT2D eigenvalue weighted by atomic mass is 19.1. The third kappa shape index (κ3) is 4.20. The zero-order chi connectivity index (χ0) is 17.7. The maximum absolute atomic E-state index is 14.1. The van der Waals surface area contributed by atoms with Gasteiger partial charge >= 0.3 is 0 Å². The fourth-order valence-corrected chi connectivity index (χ4v) is 2.76. The minimum atomic E-state index is -0.621. The predicted molar refractivity (Wildman–Crippen MR) is 92.0 cm³/mol. The van der Waals surface area contributed by atoms with Gasteiger partial charge in [0.15, 0.2) is 0 Å². The first-order valence-electron chi connectivity index (χ1n) is 8.04. The van der Waals surface area contributed by atoms with Crippen LogP contribution in [0.1, 0.15) is 23.9 Å². The summed E-state index contributed by atoms with van der Waals surface area (Å²) in [4.78, 5) is 20.5. The molecule has 0 aliphatic heterocycles. The second-order valence-electron chi connectivity index (χ2n) is 6.21. The molecule has 5 nitrogen and oxygen atoms in total. The lowest BCUT2D eigenvalue weighted by atomic mass is 10.0. The first-order valence-corrected chi connectivity index (χ1v) is 8.04. The standard InChI is InChI=1S/C18H25FN4O/c1-21(2)17(14-8-5-6-9-15(14)19)18(24)23(4)12-7-10-16-20-11-13-22(16)3/h5-6,8-9,11,13,17H,7,10,12H2,1-4H3/t17-/m1/s1. The number of carbonyl (C=O) groups excluding carboxylic acids is 1. The molecule has 130 valence electrons. The number of likely N-dealkylation sites (N-methyl/N-ethyl adjacent to an activating group) is 2. The van der Waals surface area contributed by atoms with E-state index in [1.807, 2.05) is 17.8 Å². The van der Waals surface area contributed by atoms with Gasteiger partial charge in [0.05, 0.1) is 0 Å². The molecule has 0 saturated carbocycles. The Labute approximate surface area is 142 Å². The SMILES string of the molecule is CN(CCCc1nccn1C)C(=O)[C@@H](c1ccccc1F)N(C)C. The largest absolute Gasteiger partial charge is 0.344 e. The summed E-state index contributed by atoms with van der Waals surface area (Å²) in [5.41, 5.74) is 0.406. The van der Waals surface area contributed by atoms with Crippen LogP contribution in [-0.4, -0.2) is 52.9 Å². The molecular formula is C18H25FN4O. The number of hydrogen-bond acceptors (Lipinski definition) is 3. The van der Waals surface area contributed by atoms with Gasteiger partial charge in [-0.1, -0.05) is 18.2 Å². The fourth-order valence-electron chi connectivity index (χ4n) is 2.76. The van der Waals surface area contributed by atoms with Gasteiger partial charge in [-0.2, -0.15) is 0 Å². The molecule has 0 aliphatic carbocycles. The number of imidazole rings is 1. The molecule has 0 spiro atoms. The van der Waals surface area contributed by atoms with Crippen molar-refractivity contribution in [3.63, 3.8) is 0 Å². The number of aryl methyl sites for hydroxylation is 2. The molecule has 0 radical (unpaired) electrons. The van der Waals surface area contributed by atoms with Crippen molar-refractivity contribution < 1.29 is 9.18 Å². The number of hydrogen-bond donors (Lipinski definition) is 0. The Bertz CT molecular complexity index is 683. The fraction of sp³-hybridized carbons (Fsp3) is 0.444. The van der Waals surface area contributed by atoms with E-state index in [1.54, 1.807) is 55.3 Å². The molecule has 0 aliphatic rings. The van der Waals surface area contributed by atoms with Crippen LogP contribution in [-0.2, 0) is 18.3 Å². The lowest BCUT2D eigenvalue weighted by Crippen LogP contribution is -2.39. The van der Waals surface area contributed by atoms with Gasteiger partial charge in [-0.25, -0.2) is 9.37 Å². The third-order valence-electron chi connectivity index (χ3n) is 4.14. The van der Waals surface area contributed by atoms with Crippen molar-refractivity contribution in [2.24, 2.45) is 7.05 Å². The number of rotatable bonds is 7. The number of carbonyl (C=O) groups is 1. The van der Waals surface area contributed by atoms with Gasteiger partial charge < -0.3 is 9.47 Å². The highest BCUT2D eigenvalue weighted by Gasteiger charge is 2.28. The maximum atomic E-state index is 14.1. The zero-order valence-electron chi connectivity index (χ0n) is 14.7. The van der Waals surface area contributed by atoms with Gasteiger partial charge in [0.25, 0.3) is 0 Å². The molecule has 2 rings (SSSR count). The Morgan fingerprint density at radius 3 is 2.58 bits per heavy atom. The minimum absolute atomic E-state index is 0.107. The smallest absolute Gasteiger partial charge is 0.244 e. The quantitative estimate of drug-likeness (QED) is 0.781. The summed E-state index contributed by atoms with van der Waals surface area (Å²) >= 11 is 0. The Balaban J connectivity index is 2.01. The van der Waals surface area contributed by atoms with E-state index in [4.69, 9.17) is 0 Å². The Morgan fingerprint density at radius 1 is 1.29 bits per heavy atom. The molecule has 0 bridgehead atoms. The molecule has 0 saturated heterocycles. The third-order valence-corrected chi connectivity index (χ3v) is 4.14. The molecular weight excluding hydrogens is 307 g/mol. The van der Waals surface area contributed by atoms with E-state index < -0.39 is 6.04 Å². The number of benzene rings is 1. The summed E-state index contributed by atoms with van der Waals surface area (Å²) < 4.78 is 16.1. The summed E-state index contributed by atoms with van der Waals surface area (Å²) in [6.45, 7) is 0.602. The number of amides is 1. The monoisotopic (exact) mass is 332 g/mol. The number of aromatic nitrogens is 2. The summed E-state index contributed by atoms with van der Waals surface area (Å²) in [5, 5.41) is 0. The minimum Gasteiger partial charge on any atom is -0.344 e. The molecule has 0 fully saturated rings. The lowest BCUT2D eigenvalue weighted by Gasteiger charge is -2.29. The van der Waals surface area contributed by atoms with Gasteiger partial charge in [-0.3, -0.25) is 9.69 Å². The van der Waals surface area contributed by atoms with Crippen LogP contribution in [0.25, 0.3) is 0 Å². The molecule has 24 heavy (non-hydrogen) atoms. The average molecular weight is 332 g/mol. The molecule has 1 heterocycles. The van der Waals surface area contributed by atoms with E-state index in [-0.39, 0.29) is 11.7 Å². The predicted octanol–water partition coefficient (Wildman–Crippen LogP) is 2.25. The van der Waals surface area contributed by atoms with E-state index in [0.29, 0.717) is 12.1 Å². The van der Waals surface area contributed by atoms with Crippen molar-refractivity contribution in [2.75, 3.05) is 27.7 Å². The van der Waals surface area contributed by atoms with Crippen molar-refractivity contribution in [3.8, 4) is 0 Å². The molecule has 2 aromatic rings. The van der Waals surface area contributed by atoms with Crippen LogP contribution in [0.2, 0.25) is 0 Å². The van der Waals surface area contributed by atoms with Crippen molar-refractivity contribution in [1.82, 2.24) is 19.4 Å². The number of nitrogens with zero attached hydrogens (tertiary/aromatic N) is 4. The van der Waals surface area contributed by atoms with Crippen molar-refractivity contribution in [3.05, 3.63) is 53.9 Å². The Hall–Kier alpha value is -2.21. The van der Waals surface area contributed by atoms with E-state index in [2.05, 4.69) is 4.98 Å².